The molecule has 3 rings (SSSR count). The molecule has 18 heavy (non-hydrogen) atoms. The minimum absolute atomic E-state index is 0.499. The largest absolute Gasteiger partial charge is 0.377 e. The molecule has 0 radical (unpaired) electrons. The van der Waals surface area contributed by atoms with E-state index in [2.05, 4.69) is 17.1 Å². The minimum Gasteiger partial charge on any atom is -0.377 e. The van der Waals surface area contributed by atoms with Crippen molar-refractivity contribution in [2.45, 2.75) is 63.6 Å². The van der Waals surface area contributed by atoms with Gasteiger partial charge >= 0.3 is 0 Å². The fraction of sp³-hybridized carbons (Fsp3) is 1.00. The fourth-order valence-electron chi connectivity index (χ4n) is 3.44. The third kappa shape index (κ3) is 3.25. The van der Waals surface area contributed by atoms with E-state index in [-0.39, 0.29) is 0 Å². The monoisotopic (exact) mass is 252 g/mol. The van der Waals surface area contributed by atoms with Crippen LogP contribution in [0.4, 0.5) is 0 Å². The molecule has 1 saturated carbocycles. The summed E-state index contributed by atoms with van der Waals surface area (Å²) in [5.41, 5.74) is 0. The first kappa shape index (κ1) is 12.9. The van der Waals surface area contributed by atoms with Crippen molar-refractivity contribution < 1.29 is 4.74 Å². The van der Waals surface area contributed by atoms with Crippen LogP contribution in [-0.2, 0) is 4.74 Å². The van der Waals surface area contributed by atoms with E-state index in [0.717, 1.165) is 25.1 Å². The van der Waals surface area contributed by atoms with Crippen LogP contribution in [0.3, 0.4) is 0 Å². The molecule has 1 N–H and O–H groups in total. The second kappa shape index (κ2) is 5.89. The summed E-state index contributed by atoms with van der Waals surface area (Å²) in [7, 11) is 0. The van der Waals surface area contributed by atoms with Crippen LogP contribution < -0.4 is 5.32 Å². The lowest BCUT2D eigenvalue weighted by Gasteiger charge is -2.34. The average Bonchev–Trinajstić information content (AvgIpc) is 3.21. The molecule has 0 aromatic carbocycles. The predicted molar refractivity (Wildman–Crippen MR) is 73.8 cm³/mol. The molecule has 3 nitrogen and oxygen atoms in total. The first-order valence-electron chi connectivity index (χ1n) is 7.92. The Hall–Kier alpha value is -0.120. The summed E-state index contributed by atoms with van der Waals surface area (Å²) in [4.78, 5) is 2.69. The first-order valence-corrected chi connectivity index (χ1v) is 7.92. The molecular weight excluding hydrogens is 224 g/mol. The van der Waals surface area contributed by atoms with Gasteiger partial charge in [0.05, 0.1) is 6.10 Å². The van der Waals surface area contributed by atoms with Gasteiger partial charge in [0, 0.05) is 31.8 Å². The molecule has 104 valence electrons. The van der Waals surface area contributed by atoms with Crippen molar-refractivity contribution in [2.75, 3.05) is 26.2 Å². The Bertz CT molecular complexity index is 261. The zero-order chi connectivity index (χ0) is 12.4. The Balaban J connectivity index is 1.56. The molecule has 1 aliphatic carbocycles. The summed E-state index contributed by atoms with van der Waals surface area (Å²) >= 11 is 0. The molecule has 2 heterocycles. The van der Waals surface area contributed by atoms with Gasteiger partial charge in [-0.05, 0) is 57.9 Å². The highest BCUT2D eigenvalue weighted by atomic mass is 16.5. The second-order valence-electron chi connectivity index (χ2n) is 6.48. The maximum Gasteiger partial charge on any atom is 0.0702 e. The maximum absolute atomic E-state index is 5.92. The third-order valence-electron chi connectivity index (χ3n) is 4.93. The lowest BCUT2D eigenvalue weighted by Crippen LogP contribution is -2.45. The minimum atomic E-state index is 0.499. The van der Waals surface area contributed by atoms with E-state index in [4.69, 9.17) is 4.74 Å². The van der Waals surface area contributed by atoms with Crippen LogP contribution in [0.15, 0.2) is 0 Å². The highest BCUT2D eigenvalue weighted by Gasteiger charge is 2.35. The number of hydrogen-bond acceptors (Lipinski definition) is 3. The molecule has 3 fully saturated rings. The van der Waals surface area contributed by atoms with Crippen molar-refractivity contribution in [1.82, 2.24) is 10.2 Å². The van der Waals surface area contributed by atoms with Gasteiger partial charge in [-0.25, -0.2) is 0 Å². The average molecular weight is 252 g/mol. The van der Waals surface area contributed by atoms with Gasteiger partial charge in [0.1, 0.15) is 0 Å². The first-order chi connectivity index (χ1) is 8.83. The number of nitrogens with one attached hydrogen (secondary N) is 1. The highest BCUT2D eigenvalue weighted by molar-refractivity contribution is 4.92. The van der Waals surface area contributed by atoms with Crippen LogP contribution in [0.25, 0.3) is 0 Å². The van der Waals surface area contributed by atoms with Gasteiger partial charge in [0.2, 0.25) is 0 Å². The zero-order valence-corrected chi connectivity index (χ0v) is 11.7. The van der Waals surface area contributed by atoms with E-state index in [1.165, 1.54) is 51.6 Å². The van der Waals surface area contributed by atoms with Crippen LogP contribution >= 0.6 is 0 Å². The summed E-state index contributed by atoms with van der Waals surface area (Å²) in [5, 5.41) is 3.76. The number of ether oxygens (including phenoxy) is 1. The summed E-state index contributed by atoms with van der Waals surface area (Å²) in [6.07, 6.45) is 8.56. The molecule has 3 aliphatic rings. The van der Waals surface area contributed by atoms with E-state index in [1.807, 2.05) is 0 Å². The summed E-state index contributed by atoms with van der Waals surface area (Å²) in [5.74, 6) is 0.963. The normalized spacial score (nSPS) is 39.5. The number of hydrogen-bond donors (Lipinski definition) is 1. The van der Waals surface area contributed by atoms with Gasteiger partial charge < -0.3 is 10.1 Å². The molecule has 3 heteroatoms. The zero-order valence-electron chi connectivity index (χ0n) is 11.7. The van der Waals surface area contributed by atoms with Gasteiger partial charge in [0.15, 0.2) is 0 Å². The molecule has 0 amide bonds. The summed E-state index contributed by atoms with van der Waals surface area (Å²) in [6.45, 7) is 6.97. The van der Waals surface area contributed by atoms with Crippen molar-refractivity contribution in [2.24, 2.45) is 5.92 Å². The lowest BCUT2D eigenvalue weighted by atomic mass is 10.1. The molecular formula is C15H28N2O. The quantitative estimate of drug-likeness (QED) is 0.831. The van der Waals surface area contributed by atoms with Crippen LogP contribution in [0.2, 0.25) is 0 Å². The van der Waals surface area contributed by atoms with Crippen molar-refractivity contribution >= 4 is 0 Å². The molecule has 2 aliphatic heterocycles. The standard InChI is InChI=1S/C15H28N2O/c1-12-7-8-16-15(13-5-6-13)11-17(12)10-14-4-2-3-9-18-14/h12-16H,2-11H2,1H3. The van der Waals surface area contributed by atoms with Crippen molar-refractivity contribution in [3.05, 3.63) is 0 Å². The van der Waals surface area contributed by atoms with Crippen molar-refractivity contribution in [3.63, 3.8) is 0 Å². The SMILES string of the molecule is CC1CCNC(C2CC2)CN1CC1CCCCO1. The van der Waals surface area contributed by atoms with E-state index >= 15 is 0 Å². The van der Waals surface area contributed by atoms with Crippen LogP contribution in [0.1, 0.15) is 45.4 Å². The lowest BCUT2D eigenvalue weighted by molar-refractivity contribution is -0.0129. The Morgan fingerprint density at radius 2 is 2.06 bits per heavy atom. The summed E-state index contributed by atoms with van der Waals surface area (Å²) < 4.78 is 5.92. The number of nitrogens with zero attached hydrogens (tertiary/aromatic N) is 1. The van der Waals surface area contributed by atoms with E-state index in [1.54, 1.807) is 0 Å². The van der Waals surface area contributed by atoms with Gasteiger partial charge in [0.25, 0.3) is 0 Å². The van der Waals surface area contributed by atoms with E-state index < -0.39 is 0 Å². The molecule has 0 aromatic rings. The maximum atomic E-state index is 5.92. The Morgan fingerprint density at radius 1 is 1.17 bits per heavy atom. The Kier molecular flexibility index (Phi) is 4.22. The van der Waals surface area contributed by atoms with Crippen LogP contribution in [-0.4, -0.2) is 49.3 Å². The molecule has 3 atom stereocenters. The number of rotatable bonds is 3. The fourth-order valence-corrected chi connectivity index (χ4v) is 3.44. The third-order valence-corrected chi connectivity index (χ3v) is 4.93. The molecule has 0 bridgehead atoms. The van der Waals surface area contributed by atoms with Gasteiger partial charge in [-0.3, -0.25) is 4.90 Å². The molecule has 3 unspecified atom stereocenters. The Labute approximate surface area is 111 Å². The van der Waals surface area contributed by atoms with Gasteiger partial charge in [-0.15, -0.1) is 0 Å². The van der Waals surface area contributed by atoms with Gasteiger partial charge in [-0.2, -0.15) is 0 Å². The highest BCUT2D eigenvalue weighted by Crippen LogP contribution is 2.34. The van der Waals surface area contributed by atoms with Gasteiger partial charge in [-0.1, -0.05) is 0 Å². The van der Waals surface area contributed by atoms with Crippen LogP contribution in [0.5, 0.6) is 0 Å². The summed E-state index contributed by atoms with van der Waals surface area (Å²) in [6, 6.07) is 1.46. The Morgan fingerprint density at radius 3 is 2.78 bits per heavy atom. The van der Waals surface area contributed by atoms with Crippen molar-refractivity contribution in [3.8, 4) is 0 Å². The van der Waals surface area contributed by atoms with Crippen molar-refractivity contribution in [1.29, 1.82) is 0 Å². The van der Waals surface area contributed by atoms with E-state index in [0.29, 0.717) is 12.1 Å². The molecule has 2 saturated heterocycles. The second-order valence-corrected chi connectivity index (χ2v) is 6.48. The predicted octanol–water partition coefficient (Wildman–Crippen LogP) is 2.02. The topological polar surface area (TPSA) is 24.5 Å². The molecule has 0 spiro atoms. The van der Waals surface area contributed by atoms with Crippen LogP contribution in [0, 0.1) is 5.92 Å². The molecule has 0 aromatic heterocycles. The smallest absolute Gasteiger partial charge is 0.0702 e. The van der Waals surface area contributed by atoms with E-state index in [9.17, 15) is 0 Å².